The van der Waals surface area contributed by atoms with Gasteiger partial charge < -0.3 is 5.32 Å². The third-order valence-electron chi connectivity index (χ3n) is 2.93. The van der Waals surface area contributed by atoms with Gasteiger partial charge in [0.05, 0.1) is 10.7 Å². The molecule has 1 aromatic rings. The lowest BCUT2D eigenvalue weighted by atomic mass is 10.2. The molecule has 0 saturated carbocycles. The van der Waals surface area contributed by atoms with Gasteiger partial charge >= 0.3 is 0 Å². The van der Waals surface area contributed by atoms with Crippen molar-refractivity contribution in [1.29, 1.82) is 0 Å². The van der Waals surface area contributed by atoms with Crippen LogP contribution < -0.4 is 5.32 Å². The highest BCUT2D eigenvalue weighted by atomic mass is 32.2. The number of thioether (sulfide) groups is 1. The maximum absolute atomic E-state index is 4.45. The predicted molar refractivity (Wildman–Crippen MR) is 73.4 cm³/mol. The van der Waals surface area contributed by atoms with Gasteiger partial charge in [0.1, 0.15) is 0 Å². The molecule has 0 bridgehead atoms. The van der Waals surface area contributed by atoms with Crippen LogP contribution in [0.4, 0.5) is 0 Å². The fraction of sp³-hybridized carbons (Fsp3) is 0.750. The molecule has 0 radical (unpaired) electrons. The molecule has 0 aliphatic carbocycles. The quantitative estimate of drug-likeness (QED) is 0.896. The molecule has 0 spiro atoms. The van der Waals surface area contributed by atoms with Crippen LogP contribution in [0.2, 0.25) is 0 Å². The summed E-state index contributed by atoms with van der Waals surface area (Å²) in [6.07, 6.45) is 4.21. The van der Waals surface area contributed by atoms with Crippen molar-refractivity contribution < 1.29 is 0 Å². The number of aromatic nitrogens is 1. The van der Waals surface area contributed by atoms with Crippen LogP contribution in [0.15, 0.2) is 0 Å². The number of hydrogen-bond donors (Lipinski definition) is 1. The Labute approximate surface area is 106 Å². The number of thiazole rings is 1. The van der Waals surface area contributed by atoms with E-state index in [1.54, 1.807) is 0 Å². The van der Waals surface area contributed by atoms with Gasteiger partial charge in [0.15, 0.2) is 0 Å². The molecule has 2 nitrogen and oxygen atoms in total. The Bertz CT molecular complexity index is 330. The minimum absolute atomic E-state index is 0.836. The number of rotatable bonds is 4. The molecule has 1 fully saturated rings. The molecule has 0 amide bonds. The van der Waals surface area contributed by atoms with Crippen LogP contribution in [0.3, 0.4) is 0 Å². The smallest absolute Gasteiger partial charge is 0.0900 e. The number of nitrogens with one attached hydrogen (secondary N) is 1. The van der Waals surface area contributed by atoms with Crippen LogP contribution in [0.5, 0.6) is 0 Å². The zero-order valence-corrected chi connectivity index (χ0v) is 11.7. The normalized spacial score (nSPS) is 21.2. The van der Waals surface area contributed by atoms with E-state index in [0.717, 1.165) is 18.3 Å². The van der Waals surface area contributed by atoms with Crippen molar-refractivity contribution in [2.75, 3.05) is 12.3 Å². The van der Waals surface area contributed by atoms with Crippen molar-refractivity contribution >= 4 is 23.1 Å². The van der Waals surface area contributed by atoms with E-state index in [1.165, 1.54) is 40.6 Å². The number of nitrogens with zero attached hydrogens (tertiary/aromatic N) is 1. The Balaban J connectivity index is 1.73. The average Bonchev–Trinajstić information content (AvgIpc) is 2.59. The Morgan fingerprint density at radius 1 is 1.38 bits per heavy atom. The molecule has 2 rings (SSSR count). The largest absolute Gasteiger partial charge is 0.311 e. The molecule has 1 unspecified atom stereocenters. The Morgan fingerprint density at radius 3 is 2.88 bits per heavy atom. The SMILES string of the molecule is Cc1nc(C)c(CNCC2CCCCS2)s1. The van der Waals surface area contributed by atoms with Gasteiger partial charge in [0.2, 0.25) is 0 Å². The van der Waals surface area contributed by atoms with Crippen LogP contribution in [0, 0.1) is 13.8 Å². The van der Waals surface area contributed by atoms with Crippen molar-refractivity contribution in [3.05, 3.63) is 15.6 Å². The molecule has 2 heterocycles. The van der Waals surface area contributed by atoms with Crippen molar-refractivity contribution in [2.45, 2.75) is 44.9 Å². The van der Waals surface area contributed by atoms with E-state index in [9.17, 15) is 0 Å². The Morgan fingerprint density at radius 2 is 2.25 bits per heavy atom. The lowest BCUT2D eigenvalue weighted by Crippen LogP contribution is -2.26. The third-order valence-corrected chi connectivity index (χ3v) is 5.40. The first-order valence-corrected chi connectivity index (χ1v) is 7.87. The molecule has 1 saturated heterocycles. The topological polar surface area (TPSA) is 24.9 Å². The van der Waals surface area contributed by atoms with Gasteiger partial charge in [-0.3, -0.25) is 0 Å². The van der Waals surface area contributed by atoms with Gasteiger partial charge in [-0.25, -0.2) is 4.98 Å². The Kier molecular flexibility index (Phi) is 4.67. The lowest BCUT2D eigenvalue weighted by Gasteiger charge is -2.21. The fourth-order valence-corrected chi connectivity index (χ4v) is 4.23. The highest BCUT2D eigenvalue weighted by Gasteiger charge is 2.13. The standard InChI is InChI=1S/C12H20N2S2/c1-9-12(16-10(2)14-9)8-13-7-11-5-3-4-6-15-11/h11,13H,3-8H2,1-2H3. The summed E-state index contributed by atoms with van der Waals surface area (Å²) in [6, 6.07) is 0. The third kappa shape index (κ3) is 3.47. The summed E-state index contributed by atoms with van der Waals surface area (Å²) >= 11 is 3.95. The van der Waals surface area contributed by atoms with Gasteiger partial charge in [0, 0.05) is 23.2 Å². The van der Waals surface area contributed by atoms with Crippen LogP contribution in [-0.4, -0.2) is 22.5 Å². The van der Waals surface area contributed by atoms with Crippen LogP contribution in [0.1, 0.15) is 34.8 Å². The van der Waals surface area contributed by atoms with Crippen LogP contribution in [0.25, 0.3) is 0 Å². The first-order chi connectivity index (χ1) is 7.75. The second-order valence-electron chi connectivity index (χ2n) is 4.36. The van der Waals surface area contributed by atoms with Crippen molar-refractivity contribution in [2.24, 2.45) is 0 Å². The predicted octanol–water partition coefficient (Wildman–Crippen LogP) is 3.14. The van der Waals surface area contributed by atoms with Gasteiger partial charge in [-0.1, -0.05) is 6.42 Å². The summed E-state index contributed by atoms with van der Waals surface area (Å²) in [5, 5.41) is 5.59. The van der Waals surface area contributed by atoms with Crippen LogP contribution in [-0.2, 0) is 6.54 Å². The monoisotopic (exact) mass is 256 g/mol. The van der Waals surface area contributed by atoms with E-state index in [0.29, 0.717) is 0 Å². The maximum atomic E-state index is 4.45. The number of aryl methyl sites for hydroxylation is 2. The first kappa shape index (κ1) is 12.4. The van der Waals surface area contributed by atoms with E-state index >= 15 is 0 Å². The van der Waals surface area contributed by atoms with Crippen molar-refractivity contribution in [3.8, 4) is 0 Å². The molecular weight excluding hydrogens is 236 g/mol. The summed E-state index contributed by atoms with van der Waals surface area (Å²) in [6.45, 7) is 6.34. The molecule has 1 atom stereocenters. The maximum Gasteiger partial charge on any atom is 0.0900 e. The Hall–Kier alpha value is -0.0600. The molecule has 0 aromatic carbocycles. The first-order valence-electron chi connectivity index (χ1n) is 6.01. The van der Waals surface area contributed by atoms with E-state index < -0.39 is 0 Å². The second kappa shape index (κ2) is 6.03. The molecule has 1 aliphatic rings. The minimum atomic E-state index is 0.836. The minimum Gasteiger partial charge on any atom is -0.311 e. The van der Waals surface area contributed by atoms with Crippen molar-refractivity contribution in [3.63, 3.8) is 0 Å². The zero-order valence-electron chi connectivity index (χ0n) is 10.1. The van der Waals surface area contributed by atoms with Gasteiger partial charge in [-0.05, 0) is 32.4 Å². The summed E-state index contributed by atoms with van der Waals surface area (Å²) in [7, 11) is 0. The molecular formula is C12H20N2S2. The van der Waals surface area contributed by atoms with Crippen molar-refractivity contribution in [1.82, 2.24) is 10.3 Å². The van der Waals surface area contributed by atoms with Gasteiger partial charge in [0.25, 0.3) is 0 Å². The zero-order chi connectivity index (χ0) is 11.4. The summed E-state index contributed by atoms with van der Waals surface area (Å²) < 4.78 is 0. The number of hydrogen-bond acceptors (Lipinski definition) is 4. The van der Waals surface area contributed by atoms with Gasteiger partial charge in [-0.15, -0.1) is 11.3 Å². The van der Waals surface area contributed by atoms with Gasteiger partial charge in [-0.2, -0.15) is 11.8 Å². The second-order valence-corrected chi connectivity index (χ2v) is 7.06. The molecule has 16 heavy (non-hydrogen) atoms. The fourth-order valence-electron chi connectivity index (χ4n) is 2.05. The molecule has 1 N–H and O–H groups in total. The average molecular weight is 256 g/mol. The summed E-state index contributed by atoms with van der Waals surface area (Å²) in [4.78, 5) is 5.85. The molecule has 1 aromatic heterocycles. The highest BCUT2D eigenvalue weighted by molar-refractivity contribution is 7.99. The van der Waals surface area contributed by atoms with E-state index in [4.69, 9.17) is 0 Å². The van der Waals surface area contributed by atoms with Crippen LogP contribution >= 0.6 is 23.1 Å². The summed E-state index contributed by atoms with van der Waals surface area (Å²) in [5.74, 6) is 1.35. The van der Waals surface area contributed by atoms with E-state index in [1.807, 2.05) is 11.3 Å². The highest BCUT2D eigenvalue weighted by Crippen LogP contribution is 2.24. The molecule has 1 aliphatic heterocycles. The lowest BCUT2D eigenvalue weighted by molar-refractivity contribution is 0.599. The van der Waals surface area contributed by atoms with E-state index in [2.05, 4.69) is 35.9 Å². The summed E-state index contributed by atoms with van der Waals surface area (Å²) in [5.41, 5.74) is 1.20. The van der Waals surface area contributed by atoms with E-state index in [-0.39, 0.29) is 0 Å². The molecule has 4 heteroatoms. The molecule has 90 valence electrons.